The second-order valence-corrected chi connectivity index (χ2v) is 10.1. The Bertz CT molecular complexity index is 1490. The molecule has 2 heterocycles. The lowest BCUT2D eigenvalue weighted by atomic mass is 9.95. The zero-order valence-electron chi connectivity index (χ0n) is 19.0. The summed E-state index contributed by atoms with van der Waals surface area (Å²) in [5.74, 6) is -1.07. The van der Waals surface area contributed by atoms with Gasteiger partial charge in [0.25, 0.3) is 5.78 Å². The smallest absolute Gasteiger partial charge is 0.301 e. The van der Waals surface area contributed by atoms with E-state index in [9.17, 15) is 14.7 Å². The van der Waals surface area contributed by atoms with Crippen LogP contribution in [0.2, 0.25) is 0 Å². The number of fused-ring (bicyclic) bond motifs is 1. The molecule has 1 atom stereocenters. The molecule has 176 valence electrons. The van der Waals surface area contributed by atoms with Gasteiger partial charge >= 0.3 is 5.91 Å². The van der Waals surface area contributed by atoms with Crippen molar-refractivity contribution in [1.29, 1.82) is 0 Å². The van der Waals surface area contributed by atoms with E-state index < -0.39 is 17.7 Å². The Kier molecular flexibility index (Phi) is 6.17. The first-order chi connectivity index (χ1) is 16.9. The first-order valence-corrected chi connectivity index (χ1v) is 12.6. The lowest BCUT2D eigenvalue weighted by molar-refractivity contribution is -0.132. The standard InChI is InChI=1S/C27H21BrN2O4S/c1-3-34-19-10-8-16(9-11-19)24(31)22-23(17-5-4-6-18(28)14-17)30(26(33)25(22)32)27-29-20-12-7-15(2)13-21(20)35-27/h4-14,23,31H,3H2,1-2H3. The Morgan fingerprint density at radius 3 is 2.60 bits per heavy atom. The molecule has 35 heavy (non-hydrogen) atoms. The van der Waals surface area contributed by atoms with Crippen molar-refractivity contribution in [3.8, 4) is 5.75 Å². The highest BCUT2D eigenvalue weighted by Crippen LogP contribution is 2.44. The van der Waals surface area contributed by atoms with Gasteiger partial charge in [-0.05, 0) is 73.5 Å². The van der Waals surface area contributed by atoms with Crippen LogP contribution in [-0.2, 0) is 9.59 Å². The largest absolute Gasteiger partial charge is 0.507 e. The van der Waals surface area contributed by atoms with Crippen LogP contribution in [0.15, 0.2) is 76.8 Å². The van der Waals surface area contributed by atoms with Crippen LogP contribution >= 0.6 is 27.3 Å². The number of ketones is 1. The Labute approximate surface area is 214 Å². The summed E-state index contributed by atoms with van der Waals surface area (Å²) in [5, 5.41) is 11.7. The van der Waals surface area contributed by atoms with Gasteiger partial charge < -0.3 is 9.84 Å². The SMILES string of the molecule is CCOc1ccc(C(O)=C2C(=O)C(=O)N(c3nc4ccc(C)cc4s3)C2c2cccc(Br)c2)cc1. The average Bonchev–Trinajstić information content (AvgIpc) is 3.37. The topological polar surface area (TPSA) is 79.7 Å². The van der Waals surface area contributed by atoms with E-state index in [0.29, 0.717) is 28.6 Å². The molecule has 1 aliphatic heterocycles. The third-order valence-electron chi connectivity index (χ3n) is 5.79. The van der Waals surface area contributed by atoms with Crippen LogP contribution in [0.25, 0.3) is 16.0 Å². The number of ether oxygens (including phenoxy) is 1. The van der Waals surface area contributed by atoms with Crippen molar-refractivity contribution >= 4 is 60.1 Å². The fourth-order valence-electron chi connectivity index (χ4n) is 4.18. The van der Waals surface area contributed by atoms with E-state index in [2.05, 4.69) is 20.9 Å². The minimum atomic E-state index is -0.833. The van der Waals surface area contributed by atoms with Crippen molar-refractivity contribution < 1.29 is 19.4 Å². The van der Waals surface area contributed by atoms with Gasteiger partial charge in [-0.3, -0.25) is 14.5 Å². The van der Waals surface area contributed by atoms with Crippen LogP contribution in [0, 0.1) is 6.92 Å². The van der Waals surface area contributed by atoms with Crippen LogP contribution in [-0.4, -0.2) is 28.4 Å². The number of aliphatic hydroxyl groups excluding tert-OH is 1. The van der Waals surface area contributed by atoms with Crippen molar-refractivity contribution in [3.05, 3.63) is 93.5 Å². The number of anilines is 1. The lowest BCUT2D eigenvalue weighted by Crippen LogP contribution is -2.29. The van der Waals surface area contributed by atoms with Gasteiger partial charge in [0.2, 0.25) is 0 Å². The molecule has 1 aromatic heterocycles. The summed E-state index contributed by atoms with van der Waals surface area (Å²) >= 11 is 4.83. The number of amides is 1. The van der Waals surface area contributed by atoms with Gasteiger partial charge in [0.15, 0.2) is 5.13 Å². The third-order valence-corrected chi connectivity index (χ3v) is 7.30. The third kappa shape index (κ3) is 4.24. The lowest BCUT2D eigenvalue weighted by Gasteiger charge is -2.23. The fraction of sp³-hybridized carbons (Fsp3) is 0.148. The number of aromatic nitrogens is 1. The van der Waals surface area contributed by atoms with E-state index in [4.69, 9.17) is 4.74 Å². The fourth-order valence-corrected chi connectivity index (χ4v) is 5.68. The maximum atomic E-state index is 13.4. The summed E-state index contributed by atoms with van der Waals surface area (Å²) in [5.41, 5.74) is 2.95. The van der Waals surface area contributed by atoms with Crippen molar-refractivity contribution in [2.24, 2.45) is 0 Å². The quantitative estimate of drug-likeness (QED) is 0.177. The van der Waals surface area contributed by atoms with Crippen molar-refractivity contribution in [1.82, 2.24) is 4.98 Å². The van der Waals surface area contributed by atoms with Crippen LogP contribution in [0.4, 0.5) is 5.13 Å². The summed E-state index contributed by atoms with van der Waals surface area (Å²) in [6, 6.07) is 19.2. The van der Waals surface area contributed by atoms with Crippen LogP contribution in [0.3, 0.4) is 0 Å². The second kappa shape index (κ2) is 9.28. The molecular formula is C27H21BrN2O4S. The van der Waals surface area contributed by atoms with Gasteiger partial charge in [0.1, 0.15) is 11.5 Å². The molecule has 1 N–H and O–H groups in total. The molecule has 1 saturated heterocycles. The van der Waals surface area contributed by atoms with Crippen molar-refractivity contribution in [2.75, 3.05) is 11.5 Å². The van der Waals surface area contributed by atoms with Gasteiger partial charge in [0, 0.05) is 10.0 Å². The number of nitrogens with zero attached hydrogens (tertiary/aromatic N) is 2. The van der Waals surface area contributed by atoms with Crippen LogP contribution in [0.1, 0.15) is 29.7 Å². The van der Waals surface area contributed by atoms with E-state index in [-0.39, 0.29) is 11.3 Å². The molecule has 1 aliphatic rings. The highest BCUT2D eigenvalue weighted by Gasteiger charge is 2.48. The molecule has 3 aromatic carbocycles. The average molecular weight is 549 g/mol. The maximum Gasteiger partial charge on any atom is 0.301 e. The molecule has 0 saturated carbocycles. The number of aryl methyl sites for hydroxylation is 1. The molecule has 4 aromatic rings. The number of aliphatic hydroxyl groups is 1. The Morgan fingerprint density at radius 1 is 1.11 bits per heavy atom. The summed E-state index contributed by atoms with van der Waals surface area (Å²) in [6.07, 6.45) is 0. The van der Waals surface area contributed by atoms with E-state index in [1.54, 1.807) is 24.3 Å². The van der Waals surface area contributed by atoms with E-state index in [0.717, 1.165) is 20.3 Å². The van der Waals surface area contributed by atoms with Gasteiger partial charge in [-0.1, -0.05) is 45.5 Å². The summed E-state index contributed by atoms with van der Waals surface area (Å²) in [6.45, 7) is 4.39. The molecule has 6 nitrogen and oxygen atoms in total. The zero-order valence-corrected chi connectivity index (χ0v) is 21.4. The molecule has 0 bridgehead atoms. The Hall–Kier alpha value is -3.49. The number of halogens is 1. The molecule has 5 rings (SSSR count). The molecular weight excluding hydrogens is 528 g/mol. The molecule has 1 fully saturated rings. The van der Waals surface area contributed by atoms with Gasteiger partial charge in [-0.25, -0.2) is 4.98 Å². The predicted octanol–water partition coefficient (Wildman–Crippen LogP) is 6.39. The number of hydrogen-bond donors (Lipinski definition) is 1. The van der Waals surface area contributed by atoms with Crippen molar-refractivity contribution in [3.63, 3.8) is 0 Å². The Morgan fingerprint density at radius 2 is 1.89 bits per heavy atom. The summed E-state index contributed by atoms with van der Waals surface area (Å²) in [4.78, 5) is 32.8. The molecule has 8 heteroatoms. The number of Topliss-reactive ketones (excluding diaryl/α,β-unsaturated/α-hetero) is 1. The van der Waals surface area contributed by atoms with Crippen LogP contribution in [0.5, 0.6) is 5.75 Å². The maximum absolute atomic E-state index is 13.4. The number of hydrogen-bond acceptors (Lipinski definition) is 6. The Balaban J connectivity index is 1.69. The molecule has 0 aliphatic carbocycles. The molecule has 0 spiro atoms. The normalized spacial score (nSPS) is 17.3. The highest BCUT2D eigenvalue weighted by molar-refractivity contribution is 9.10. The number of benzene rings is 3. The van der Waals surface area contributed by atoms with Gasteiger partial charge in [0.05, 0.1) is 28.4 Å². The molecule has 1 amide bonds. The number of thiazole rings is 1. The second-order valence-electron chi connectivity index (χ2n) is 8.15. The van der Waals surface area contributed by atoms with Gasteiger partial charge in [-0.15, -0.1) is 0 Å². The minimum absolute atomic E-state index is 0.0210. The predicted molar refractivity (Wildman–Crippen MR) is 141 cm³/mol. The zero-order chi connectivity index (χ0) is 24.7. The number of carbonyl (C=O) groups is 2. The minimum Gasteiger partial charge on any atom is -0.507 e. The highest BCUT2D eigenvalue weighted by atomic mass is 79.9. The van der Waals surface area contributed by atoms with E-state index in [1.165, 1.54) is 16.2 Å². The van der Waals surface area contributed by atoms with E-state index >= 15 is 0 Å². The first kappa shape index (κ1) is 23.3. The number of rotatable bonds is 5. The van der Waals surface area contributed by atoms with Gasteiger partial charge in [-0.2, -0.15) is 0 Å². The summed E-state index contributed by atoms with van der Waals surface area (Å²) < 4.78 is 7.19. The number of carbonyl (C=O) groups excluding carboxylic acids is 2. The van der Waals surface area contributed by atoms with Crippen LogP contribution < -0.4 is 9.64 Å². The van der Waals surface area contributed by atoms with Crippen molar-refractivity contribution in [2.45, 2.75) is 19.9 Å². The molecule has 0 radical (unpaired) electrons. The summed E-state index contributed by atoms with van der Waals surface area (Å²) in [7, 11) is 0. The van der Waals surface area contributed by atoms with E-state index in [1.807, 2.05) is 56.3 Å². The molecule has 1 unspecified atom stereocenters. The first-order valence-electron chi connectivity index (χ1n) is 11.0. The monoisotopic (exact) mass is 548 g/mol.